The lowest BCUT2D eigenvalue weighted by Gasteiger charge is -2.32. The first-order chi connectivity index (χ1) is 8.78. The van der Waals surface area contributed by atoms with Crippen molar-refractivity contribution in [3.63, 3.8) is 0 Å². The molecule has 2 aliphatic heterocycles. The SMILES string of the molecule is CCn1cc(NC2CC(=O)N3CCCCC23)cn1. The average molecular weight is 248 g/mol. The van der Waals surface area contributed by atoms with Gasteiger partial charge in [-0.05, 0) is 26.2 Å². The van der Waals surface area contributed by atoms with Crippen LogP contribution in [0.3, 0.4) is 0 Å². The number of amides is 1. The van der Waals surface area contributed by atoms with Crippen LogP contribution in [0.25, 0.3) is 0 Å². The van der Waals surface area contributed by atoms with Crippen molar-refractivity contribution in [1.29, 1.82) is 0 Å². The summed E-state index contributed by atoms with van der Waals surface area (Å²) in [7, 11) is 0. The number of nitrogens with zero attached hydrogens (tertiary/aromatic N) is 3. The number of carbonyl (C=O) groups excluding carboxylic acids is 1. The third kappa shape index (κ3) is 1.98. The van der Waals surface area contributed by atoms with E-state index in [-0.39, 0.29) is 6.04 Å². The summed E-state index contributed by atoms with van der Waals surface area (Å²) < 4.78 is 1.90. The lowest BCUT2D eigenvalue weighted by Crippen LogP contribution is -2.42. The van der Waals surface area contributed by atoms with Gasteiger partial charge in [0.25, 0.3) is 0 Å². The first-order valence-electron chi connectivity index (χ1n) is 6.86. The number of anilines is 1. The normalized spacial score (nSPS) is 27.4. The van der Waals surface area contributed by atoms with Crippen LogP contribution in [0.15, 0.2) is 12.4 Å². The lowest BCUT2D eigenvalue weighted by molar-refractivity contribution is -0.129. The molecule has 3 heterocycles. The van der Waals surface area contributed by atoms with Crippen LogP contribution in [0.1, 0.15) is 32.6 Å². The highest BCUT2D eigenvalue weighted by atomic mass is 16.2. The van der Waals surface area contributed by atoms with Gasteiger partial charge in [-0.3, -0.25) is 9.48 Å². The standard InChI is InChI=1S/C13H20N4O/c1-2-16-9-10(8-14-16)15-11-7-13(18)17-6-4-3-5-12(11)17/h8-9,11-12,15H,2-7H2,1H3. The minimum Gasteiger partial charge on any atom is -0.377 e. The molecule has 2 unspecified atom stereocenters. The third-order valence-electron chi connectivity index (χ3n) is 4.04. The van der Waals surface area contributed by atoms with Crippen molar-refractivity contribution < 1.29 is 4.79 Å². The van der Waals surface area contributed by atoms with Crippen LogP contribution in [-0.4, -0.2) is 39.2 Å². The number of aromatic nitrogens is 2. The number of fused-ring (bicyclic) bond motifs is 1. The minimum atomic E-state index is 0.257. The summed E-state index contributed by atoms with van der Waals surface area (Å²) in [6.45, 7) is 3.88. The van der Waals surface area contributed by atoms with Gasteiger partial charge < -0.3 is 10.2 Å². The summed E-state index contributed by atoms with van der Waals surface area (Å²) in [5, 5.41) is 7.73. The molecular formula is C13H20N4O. The zero-order valence-electron chi connectivity index (χ0n) is 10.8. The molecular weight excluding hydrogens is 228 g/mol. The minimum absolute atomic E-state index is 0.257. The third-order valence-corrected chi connectivity index (χ3v) is 4.04. The van der Waals surface area contributed by atoms with Gasteiger partial charge in [-0.2, -0.15) is 5.10 Å². The molecule has 0 aromatic carbocycles. The maximum atomic E-state index is 11.9. The quantitative estimate of drug-likeness (QED) is 0.881. The van der Waals surface area contributed by atoms with Gasteiger partial charge in [-0.25, -0.2) is 0 Å². The summed E-state index contributed by atoms with van der Waals surface area (Å²) in [5.74, 6) is 0.306. The van der Waals surface area contributed by atoms with Crippen LogP contribution >= 0.6 is 0 Å². The van der Waals surface area contributed by atoms with E-state index in [2.05, 4.69) is 22.2 Å². The Morgan fingerprint density at radius 2 is 2.39 bits per heavy atom. The Balaban J connectivity index is 1.70. The van der Waals surface area contributed by atoms with Crippen molar-refractivity contribution in [2.24, 2.45) is 0 Å². The molecule has 1 aromatic rings. The molecule has 0 aliphatic carbocycles. The van der Waals surface area contributed by atoms with E-state index >= 15 is 0 Å². The second-order valence-corrected chi connectivity index (χ2v) is 5.19. The van der Waals surface area contributed by atoms with Gasteiger partial charge in [0.15, 0.2) is 0 Å². The highest BCUT2D eigenvalue weighted by molar-refractivity contribution is 5.81. The summed E-state index contributed by atoms with van der Waals surface area (Å²) in [6.07, 6.45) is 8.01. The average Bonchev–Trinajstić information content (AvgIpc) is 2.97. The molecule has 98 valence electrons. The molecule has 2 atom stereocenters. The molecule has 1 aromatic heterocycles. The van der Waals surface area contributed by atoms with Crippen molar-refractivity contribution >= 4 is 11.6 Å². The Labute approximate surface area is 107 Å². The van der Waals surface area contributed by atoms with Crippen molar-refractivity contribution in [3.05, 3.63) is 12.4 Å². The second-order valence-electron chi connectivity index (χ2n) is 5.19. The zero-order chi connectivity index (χ0) is 12.5. The van der Waals surface area contributed by atoms with Crippen LogP contribution in [0, 0.1) is 0 Å². The van der Waals surface area contributed by atoms with Gasteiger partial charge in [0.2, 0.25) is 5.91 Å². The Morgan fingerprint density at radius 1 is 1.50 bits per heavy atom. The van der Waals surface area contributed by atoms with Gasteiger partial charge in [0.1, 0.15) is 0 Å². The molecule has 0 bridgehead atoms. The lowest BCUT2D eigenvalue weighted by atomic mass is 9.99. The van der Waals surface area contributed by atoms with E-state index in [9.17, 15) is 4.79 Å². The predicted octanol–water partition coefficient (Wildman–Crippen LogP) is 1.47. The maximum Gasteiger partial charge on any atom is 0.225 e. The molecule has 0 spiro atoms. The van der Waals surface area contributed by atoms with Gasteiger partial charge >= 0.3 is 0 Å². The maximum absolute atomic E-state index is 11.9. The molecule has 0 radical (unpaired) electrons. The van der Waals surface area contributed by atoms with Gasteiger partial charge in [0, 0.05) is 25.7 Å². The van der Waals surface area contributed by atoms with Crippen LogP contribution in [0.4, 0.5) is 5.69 Å². The molecule has 2 saturated heterocycles. The van der Waals surface area contributed by atoms with Gasteiger partial charge in [-0.15, -0.1) is 0 Å². The molecule has 1 amide bonds. The first-order valence-corrected chi connectivity index (χ1v) is 6.86. The van der Waals surface area contributed by atoms with E-state index in [4.69, 9.17) is 0 Å². The number of aryl methyl sites for hydroxylation is 1. The van der Waals surface area contributed by atoms with E-state index in [0.29, 0.717) is 18.4 Å². The molecule has 5 heteroatoms. The van der Waals surface area contributed by atoms with Crippen LogP contribution in [0.2, 0.25) is 0 Å². The topological polar surface area (TPSA) is 50.2 Å². The van der Waals surface area contributed by atoms with E-state index in [1.165, 1.54) is 6.42 Å². The van der Waals surface area contributed by atoms with Crippen molar-refractivity contribution in [2.45, 2.75) is 51.2 Å². The largest absolute Gasteiger partial charge is 0.377 e. The number of piperidine rings is 1. The highest BCUT2D eigenvalue weighted by Gasteiger charge is 2.40. The molecule has 18 heavy (non-hydrogen) atoms. The fourth-order valence-electron chi connectivity index (χ4n) is 3.10. The molecule has 5 nitrogen and oxygen atoms in total. The van der Waals surface area contributed by atoms with Crippen LogP contribution in [0.5, 0.6) is 0 Å². The smallest absolute Gasteiger partial charge is 0.225 e. The van der Waals surface area contributed by atoms with Gasteiger partial charge in [-0.1, -0.05) is 0 Å². The Kier molecular flexibility index (Phi) is 2.97. The molecule has 2 fully saturated rings. The Bertz CT molecular complexity index is 442. The fourth-order valence-corrected chi connectivity index (χ4v) is 3.10. The van der Waals surface area contributed by atoms with E-state index in [1.807, 2.05) is 17.1 Å². The van der Waals surface area contributed by atoms with Crippen LogP contribution < -0.4 is 5.32 Å². The van der Waals surface area contributed by atoms with Crippen molar-refractivity contribution in [3.8, 4) is 0 Å². The summed E-state index contributed by atoms with van der Waals surface area (Å²) in [6, 6.07) is 0.642. The Morgan fingerprint density at radius 3 is 3.17 bits per heavy atom. The second kappa shape index (κ2) is 4.63. The van der Waals surface area contributed by atoms with Crippen molar-refractivity contribution in [1.82, 2.24) is 14.7 Å². The monoisotopic (exact) mass is 248 g/mol. The number of carbonyl (C=O) groups is 1. The van der Waals surface area contributed by atoms with Crippen LogP contribution in [-0.2, 0) is 11.3 Å². The van der Waals surface area contributed by atoms with E-state index in [0.717, 1.165) is 31.6 Å². The van der Waals surface area contributed by atoms with E-state index < -0.39 is 0 Å². The molecule has 3 rings (SSSR count). The van der Waals surface area contributed by atoms with Gasteiger partial charge in [0.05, 0.1) is 24.0 Å². The molecule has 1 N–H and O–H groups in total. The summed E-state index contributed by atoms with van der Waals surface area (Å²) in [4.78, 5) is 14.0. The summed E-state index contributed by atoms with van der Waals surface area (Å²) >= 11 is 0. The number of nitrogens with one attached hydrogen (secondary N) is 1. The molecule has 0 saturated carbocycles. The van der Waals surface area contributed by atoms with E-state index in [1.54, 1.807) is 0 Å². The number of hydrogen-bond acceptors (Lipinski definition) is 3. The zero-order valence-corrected chi connectivity index (χ0v) is 10.8. The van der Waals surface area contributed by atoms with Crippen molar-refractivity contribution in [2.75, 3.05) is 11.9 Å². The fraction of sp³-hybridized carbons (Fsp3) is 0.692. The Hall–Kier alpha value is -1.52. The number of hydrogen-bond donors (Lipinski definition) is 1. The summed E-state index contributed by atoms with van der Waals surface area (Å²) in [5.41, 5.74) is 1.03. The first kappa shape index (κ1) is 11.6. The molecule has 2 aliphatic rings. The number of rotatable bonds is 3. The predicted molar refractivity (Wildman–Crippen MR) is 69.3 cm³/mol. The highest BCUT2D eigenvalue weighted by Crippen LogP contribution is 2.30.